The van der Waals surface area contributed by atoms with Crippen LogP contribution in [0.2, 0.25) is 0 Å². The van der Waals surface area contributed by atoms with Crippen molar-refractivity contribution in [2.75, 3.05) is 39.5 Å². The molecule has 0 bridgehead atoms. The smallest absolute Gasteiger partial charge is 0.198 e. The lowest BCUT2D eigenvalue weighted by Gasteiger charge is -2.26. The molecule has 9 heteroatoms. The second kappa shape index (κ2) is 10.7. The predicted molar refractivity (Wildman–Crippen MR) is 130 cm³/mol. The fourth-order valence-corrected chi connectivity index (χ4v) is 4.91. The highest BCUT2D eigenvalue weighted by Crippen LogP contribution is 2.35. The first-order chi connectivity index (χ1) is 15.7. The first-order valence-electron chi connectivity index (χ1n) is 10.9. The Morgan fingerprint density at radius 2 is 2.03 bits per heavy atom. The number of carbonyl (C=O) groups is 1. The Bertz CT molecular complexity index is 1100. The lowest BCUT2D eigenvalue weighted by molar-refractivity contribution is -0.110. The normalized spacial score (nSPS) is 16.8. The van der Waals surface area contributed by atoms with Gasteiger partial charge in [0.25, 0.3) is 0 Å². The Hall–Kier alpha value is -2.39. The number of halogens is 1. The van der Waals surface area contributed by atoms with Crippen LogP contribution in [0.15, 0.2) is 53.7 Å². The fraction of sp³-hybridized carbons (Fsp3) is 0.375. The number of fused-ring (bicyclic) bond motifs is 1. The van der Waals surface area contributed by atoms with Crippen molar-refractivity contribution in [1.82, 2.24) is 19.7 Å². The average Bonchev–Trinajstić information content (AvgIpc) is 3.45. The van der Waals surface area contributed by atoms with Crippen LogP contribution in [0, 0.1) is 0 Å². The maximum atomic E-state index is 11.7. The van der Waals surface area contributed by atoms with Gasteiger partial charge in [-0.3, -0.25) is 9.69 Å². The third-order valence-electron chi connectivity index (χ3n) is 5.94. The molecule has 0 amide bonds. The lowest BCUT2D eigenvalue weighted by Crippen LogP contribution is -2.38. The molecule has 2 aliphatic heterocycles. The minimum Gasteiger partial charge on any atom is -0.491 e. The molecule has 33 heavy (non-hydrogen) atoms. The Kier molecular flexibility index (Phi) is 7.70. The number of ether oxygens (including phenoxy) is 2. The Labute approximate surface area is 203 Å². The van der Waals surface area contributed by atoms with E-state index >= 15 is 0 Å². The number of morpholine rings is 1. The van der Waals surface area contributed by atoms with E-state index in [1.54, 1.807) is 10.9 Å². The summed E-state index contributed by atoms with van der Waals surface area (Å²) in [6.07, 6.45) is 4.20. The van der Waals surface area contributed by atoms with Gasteiger partial charge in [0.2, 0.25) is 0 Å². The van der Waals surface area contributed by atoms with Crippen molar-refractivity contribution >= 4 is 29.3 Å². The monoisotopic (exact) mass is 486 g/mol. The molecule has 4 heterocycles. The van der Waals surface area contributed by atoms with E-state index < -0.39 is 0 Å². The molecular weight excluding hydrogens is 460 g/mol. The Morgan fingerprint density at radius 1 is 1.18 bits per heavy atom. The van der Waals surface area contributed by atoms with Crippen LogP contribution in [0.4, 0.5) is 0 Å². The predicted octanol–water partition coefficient (Wildman–Crippen LogP) is 3.73. The van der Waals surface area contributed by atoms with E-state index in [4.69, 9.17) is 14.6 Å². The number of hydrogen-bond donors (Lipinski definition) is 0. The summed E-state index contributed by atoms with van der Waals surface area (Å²) in [4.78, 5) is 19.6. The number of carbonyl (C=O) groups excluding carboxylic acids is 1. The van der Waals surface area contributed by atoms with E-state index in [9.17, 15) is 4.79 Å². The molecule has 0 N–H and O–H groups in total. The third kappa shape index (κ3) is 5.58. The van der Waals surface area contributed by atoms with Crippen LogP contribution in [-0.4, -0.2) is 64.2 Å². The Balaban J connectivity index is 0.00000259. The standard InChI is InChI=1S/C24H26N4O3S.ClH/c1-17(18-2-3-19-15-24(29)32-22(19)14-18)21-6-7-28(26-21)23-5-4-20(16-25-23)31-13-10-27-8-11-30-12-9-27;/h2-7,14,16-17H,8-13,15H2,1H3;1H/t17-;/m0./s1. The number of benzene rings is 1. The number of aromatic nitrogens is 3. The van der Waals surface area contributed by atoms with Gasteiger partial charge in [-0.15, -0.1) is 12.4 Å². The highest BCUT2D eigenvalue weighted by atomic mass is 35.5. The van der Waals surface area contributed by atoms with Crippen LogP contribution < -0.4 is 4.74 Å². The zero-order valence-corrected chi connectivity index (χ0v) is 20.1. The zero-order chi connectivity index (χ0) is 21.9. The van der Waals surface area contributed by atoms with Crippen molar-refractivity contribution in [3.63, 3.8) is 0 Å². The van der Waals surface area contributed by atoms with E-state index in [2.05, 4.69) is 35.0 Å². The molecular formula is C24H27ClN4O3S. The molecule has 1 saturated heterocycles. The van der Waals surface area contributed by atoms with Gasteiger partial charge in [-0.05, 0) is 35.4 Å². The maximum absolute atomic E-state index is 11.7. The van der Waals surface area contributed by atoms with Crippen molar-refractivity contribution in [1.29, 1.82) is 0 Å². The highest BCUT2D eigenvalue weighted by molar-refractivity contribution is 8.14. The van der Waals surface area contributed by atoms with Crippen molar-refractivity contribution in [2.45, 2.75) is 24.2 Å². The molecule has 0 radical (unpaired) electrons. The quantitative estimate of drug-likeness (QED) is 0.504. The van der Waals surface area contributed by atoms with Gasteiger partial charge in [-0.1, -0.05) is 30.8 Å². The van der Waals surface area contributed by atoms with Gasteiger partial charge in [0, 0.05) is 43.1 Å². The summed E-state index contributed by atoms with van der Waals surface area (Å²) in [6, 6.07) is 12.2. The molecule has 1 aromatic carbocycles. The Morgan fingerprint density at radius 3 is 2.82 bits per heavy atom. The van der Waals surface area contributed by atoms with Crippen LogP contribution >= 0.6 is 24.2 Å². The molecule has 0 unspecified atom stereocenters. The van der Waals surface area contributed by atoms with Gasteiger partial charge in [0.05, 0.1) is 25.1 Å². The van der Waals surface area contributed by atoms with Crippen LogP contribution in [0.25, 0.3) is 5.82 Å². The SMILES string of the molecule is C[C@@H](c1ccc2c(c1)SC(=O)C2)c1ccn(-c2ccc(OCCN3CCOCC3)cn2)n1.Cl. The van der Waals surface area contributed by atoms with Crippen molar-refractivity contribution < 1.29 is 14.3 Å². The second-order valence-corrected chi connectivity index (χ2v) is 9.18. The van der Waals surface area contributed by atoms with Crippen molar-refractivity contribution in [3.8, 4) is 11.6 Å². The van der Waals surface area contributed by atoms with Crippen molar-refractivity contribution in [2.24, 2.45) is 0 Å². The lowest BCUT2D eigenvalue weighted by atomic mass is 9.96. The molecule has 2 aliphatic rings. The van der Waals surface area contributed by atoms with Gasteiger partial charge in [0.1, 0.15) is 12.4 Å². The minimum absolute atomic E-state index is 0. The number of hydrogen-bond acceptors (Lipinski definition) is 7. The van der Waals surface area contributed by atoms with E-state index in [1.165, 1.54) is 11.8 Å². The molecule has 1 fully saturated rings. The number of rotatable bonds is 7. The first-order valence-corrected chi connectivity index (χ1v) is 11.8. The summed E-state index contributed by atoms with van der Waals surface area (Å²) < 4.78 is 13.0. The van der Waals surface area contributed by atoms with Crippen LogP contribution in [0.3, 0.4) is 0 Å². The molecule has 0 saturated carbocycles. The van der Waals surface area contributed by atoms with E-state index in [1.807, 2.05) is 24.4 Å². The van der Waals surface area contributed by atoms with Gasteiger partial charge in [-0.2, -0.15) is 5.10 Å². The molecule has 1 atom stereocenters. The number of thioether (sulfide) groups is 1. The summed E-state index contributed by atoms with van der Waals surface area (Å²) in [5.74, 6) is 1.63. The number of pyridine rings is 1. The van der Waals surface area contributed by atoms with Crippen LogP contribution in [-0.2, 0) is 16.0 Å². The average molecular weight is 487 g/mol. The van der Waals surface area contributed by atoms with E-state index in [0.717, 1.165) is 66.1 Å². The van der Waals surface area contributed by atoms with Crippen LogP contribution in [0.5, 0.6) is 5.75 Å². The third-order valence-corrected chi connectivity index (χ3v) is 6.91. The van der Waals surface area contributed by atoms with E-state index in [-0.39, 0.29) is 23.4 Å². The highest BCUT2D eigenvalue weighted by Gasteiger charge is 2.21. The molecule has 3 aromatic rings. The first kappa shape index (κ1) is 23.8. The summed E-state index contributed by atoms with van der Waals surface area (Å²) in [5.41, 5.74) is 3.25. The summed E-state index contributed by atoms with van der Waals surface area (Å²) in [6.45, 7) is 7.17. The van der Waals surface area contributed by atoms with Crippen molar-refractivity contribution in [3.05, 3.63) is 65.6 Å². The molecule has 5 rings (SSSR count). The topological polar surface area (TPSA) is 69.5 Å². The maximum Gasteiger partial charge on any atom is 0.198 e. The van der Waals surface area contributed by atoms with E-state index in [0.29, 0.717) is 13.0 Å². The van der Waals surface area contributed by atoms with Gasteiger partial charge in [0.15, 0.2) is 10.9 Å². The summed E-state index contributed by atoms with van der Waals surface area (Å²) in [5, 5.41) is 4.96. The molecule has 2 aromatic heterocycles. The molecule has 174 valence electrons. The number of nitrogens with zero attached hydrogens (tertiary/aromatic N) is 4. The zero-order valence-electron chi connectivity index (χ0n) is 18.5. The van der Waals surface area contributed by atoms with Gasteiger partial charge < -0.3 is 9.47 Å². The summed E-state index contributed by atoms with van der Waals surface area (Å²) in [7, 11) is 0. The fourth-order valence-electron chi connectivity index (χ4n) is 3.97. The second-order valence-electron chi connectivity index (χ2n) is 8.08. The minimum atomic E-state index is 0. The summed E-state index contributed by atoms with van der Waals surface area (Å²) >= 11 is 1.34. The van der Waals surface area contributed by atoms with Crippen LogP contribution in [0.1, 0.15) is 29.7 Å². The van der Waals surface area contributed by atoms with Gasteiger partial charge >= 0.3 is 0 Å². The molecule has 0 aliphatic carbocycles. The molecule has 7 nitrogen and oxygen atoms in total. The largest absolute Gasteiger partial charge is 0.491 e. The van der Waals surface area contributed by atoms with Gasteiger partial charge in [-0.25, -0.2) is 9.67 Å². The molecule has 0 spiro atoms.